The van der Waals surface area contributed by atoms with Gasteiger partial charge < -0.3 is 10.4 Å². The zero-order chi connectivity index (χ0) is 16.4. The van der Waals surface area contributed by atoms with Crippen molar-refractivity contribution in [2.45, 2.75) is 51.5 Å². The Morgan fingerprint density at radius 1 is 1.36 bits per heavy atom. The summed E-state index contributed by atoms with van der Waals surface area (Å²) in [6.07, 6.45) is 2.51. The summed E-state index contributed by atoms with van der Waals surface area (Å²) < 4.78 is 0. The number of aliphatic hydroxyl groups is 1. The van der Waals surface area contributed by atoms with Crippen molar-refractivity contribution >= 4 is 5.91 Å². The van der Waals surface area contributed by atoms with E-state index in [9.17, 15) is 15.2 Å². The first-order valence-electron chi connectivity index (χ1n) is 7.73. The van der Waals surface area contributed by atoms with E-state index in [1.807, 2.05) is 12.1 Å². The van der Waals surface area contributed by atoms with Crippen molar-refractivity contribution in [2.75, 3.05) is 6.61 Å². The number of nitrogens with zero attached hydrogens (tertiary/aromatic N) is 1. The first-order chi connectivity index (χ1) is 10.3. The smallest absolute Gasteiger partial charge is 0.251 e. The Morgan fingerprint density at radius 2 is 1.95 bits per heavy atom. The second-order valence-electron chi connectivity index (χ2n) is 7.39. The van der Waals surface area contributed by atoms with Gasteiger partial charge in [0.2, 0.25) is 0 Å². The molecule has 0 aliphatic heterocycles. The second-order valence-corrected chi connectivity index (χ2v) is 7.39. The summed E-state index contributed by atoms with van der Waals surface area (Å²) in [5.41, 5.74) is 1.26. The minimum absolute atomic E-state index is 0.0374. The molecule has 1 saturated carbocycles. The van der Waals surface area contributed by atoms with Crippen molar-refractivity contribution < 1.29 is 9.90 Å². The highest BCUT2D eigenvalue weighted by molar-refractivity contribution is 5.94. The largest absolute Gasteiger partial charge is 0.394 e. The number of aliphatic hydroxyl groups excluding tert-OH is 1. The van der Waals surface area contributed by atoms with Gasteiger partial charge in [-0.05, 0) is 42.4 Å². The van der Waals surface area contributed by atoms with Gasteiger partial charge in [0.25, 0.3) is 5.91 Å². The van der Waals surface area contributed by atoms with Crippen LogP contribution in [0.25, 0.3) is 0 Å². The molecule has 22 heavy (non-hydrogen) atoms. The zero-order valence-electron chi connectivity index (χ0n) is 13.5. The number of hydrogen-bond acceptors (Lipinski definition) is 3. The maximum atomic E-state index is 12.3. The van der Waals surface area contributed by atoms with Crippen LogP contribution in [0.15, 0.2) is 24.3 Å². The Kier molecular flexibility index (Phi) is 4.58. The summed E-state index contributed by atoms with van der Waals surface area (Å²) in [5, 5.41) is 21.5. The highest BCUT2D eigenvalue weighted by Crippen LogP contribution is 2.47. The maximum absolute atomic E-state index is 12.3. The molecule has 4 heteroatoms. The molecule has 4 nitrogen and oxygen atoms in total. The van der Waals surface area contributed by atoms with Crippen LogP contribution in [-0.2, 0) is 5.41 Å². The van der Waals surface area contributed by atoms with E-state index < -0.39 is 0 Å². The minimum Gasteiger partial charge on any atom is -0.394 e. The summed E-state index contributed by atoms with van der Waals surface area (Å²) in [5.74, 6) is -0.184. The molecule has 2 N–H and O–H groups in total. The van der Waals surface area contributed by atoms with Crippen LogP contribution < -0.4 is 5.32 Å². The standard InChI is InChI=1S/C18H24N2O2/c1-17(2,3)10-15(11-21)20-16(22)13-4-6-14(7-5-13)18(12-19)8-9-18/h4-7,15,21H,8-11H2,1-3H3,(H,20,22). The normalized spacial score (nSPS) is 17.4. The number of nitrogens with one attached hydrogen (secondary N) is 1. The molecule has 1 atom stereocenters. The SMILES string of the molecule is CC(C)(C)CC(CO)NC(=O)c1ccc(C2(C#N)CC2)cc1. The molecule has 2 rings (SSSR count). The van der Waals surface area contributed by atoms with Gasteiger partial charge in [-0.3, -0.25) is 4.79 Å². The average molecular weight is 300 g/mol. The summed E-state index contributed by atoms with van der Waals surface area (Å²) in [6.45, 7) is 6.16. The molecule has 1 unspecified atom stereocenters. The summed E-state index contributed by atoms with van der Waals surface area (Å²) in [6, 6.07) is 9.34. The third-order valence-corrected chi connectivity index (χ3v) is 4.08. The molecule has 1 aliphatic rings. The van der Waals surface area contributed by atoms with Crippen LogP contribution in [0.1, 0.15) is 56.0 Å². The Hall–Kier alpha value is -1.86. The number of benzene rings is 1. The Labute approximate surface area is 132 Å². The fraction of sp³-hybridized carbons (Fsp3) is 0.556. The molecule has 0 spiro atoms. The summed E-state index contributed by atoms with van der Waals surface area (Å²) >= 11 is 0. The summed E-state index contributed by atoms with van der Waals surface area (Å²) in [4.78, 5) is 12.3. The van der Waals surface area contributed by atoms with Crippen molar-refractivity contribution in [1.29, 1.82) is 5.26 Å². The number of carbonyl (C=O) groups excluding carboxylic acids is 1. The molecule has 118 valence electrons. The lowest BCUT2D eigenvalue weighted by Crippen LogP contribution is -2.40. The van der Waals surface area contributed by atoms with Gasteiger partial charge in [-0.1, -0.05) is 32.9 Å². The molecule has 0 heterocycles. The van der Waals surface area contributed by atoms with Crippen LogP contribution in [0.5, 0.6) is 0 Å². The van der Waals surface area contributed by atoms with Gasteiger partial charge in [-0.25, -0.2) is 0 Å². The predicted molar refractivity (Wildman–Crippen MR) is 85.4 cm³/mol. The number of nitriles is 1. The van der Waals surface area contributed by atoms with Crippen LogP contribution >= 0.6 is 0 Å². The monoisotopic (exact) mass is 300 g/mol. The van der Waals surface area contributed by atoms with Gasteiger partial charge in [-0.15, -0.1) is 0 Å². The molecule has 0 bridgehead atoms. The highest BCUT2D eigenvalue weighted by Gasteiger charge is 2.44. The summed E-state index contributed by atoms with van der Waals surface area (Å²) in [7, 11) is 0. The molecule has 1 amide bonds. The number of carbonyl (C=O) groups is 1. The Balaban J connectivity index is 2.02. The van der Waals surface area contributed by atoms with Crippen LogP contribution in [-0.4, -0.2) is 23.7 Å². The molecule has 0 saturated heterocycles. The van der Waals surface area contributed by atoms with Crippen molar-refractivity contribution in [3.8, 4) is 6.07 Å². The average Bonchev–Trinajstić information content (AvgIpc) is 3.26. The second kappa shape index (κ2) is 6.10. The van der Waals surface area contributed by atoms with Crippen LogP contribution in [0.2, 0.25) is 0 Å². The Bertz CT molecular complexity index is 575. The van der Waals surface area contributed by atoms with Crippen LogP contribution in [0, 0.1) is 16.7 Å². The number of amides is 1. The van der Waals surface area contributed by atoms with Gasteiger partial charge >= 0.3 is 0 Å². The third-order valence-electron chi connectivity index (χ3n) is 4.08. The molecular weight excluding hydrogens is 276 g/mol. The number of hydrogen-bond donors (Lipinski definition) is 2. The van der Waals surface area contributed by atoms with Gasteiger partial charge in [0.1, 0.15) is 0 Å². The lowest BCUT2D eigenvalue weighted by Gasteiger charge is -2.25. The minimum atomic E-state index is -0.325. The van der Waals surface area contributed by atoms with E-state index in [1.54, 1.807) is 12.1 Å². The lowest BCUT2D eigenvalue weighted by atomic mass is 9.88. The van der Waals surface area contributed by atoms with Crippen molar-refractivity contribution in [1.82, 2.24) is 5.32 Å². The van der Waals surface area contributed by atoms with E-state index in [0.717, 1.165) is 18.4 Å². The topological polar surface area (TPSA) is 73.1 Å². The fourth-order valence-electron chi connectivity index (χ4n) is 2.70. The third kappa shape index (κ3) is 3.86. The van der Waals surface area contributed by atoms with E-state index in [2.05, 4.69) is 32.2 Å². The molecule has 1 aromatic carbocycles. The first kappa shape index (κ1) is 16.5. The van der Waals surface area contributed by atoms with E-state index in [0.29, 0.717) is 12.0 Å². The molecular formula is C18H24N2O2. The van der Waals surface area contributed by atoms with Crippen molar-refractivity contribution in [3.05, 3.63) is 35.4 Å². The lowest BCUT2D eigenvalue weighted by molar-refractivity contribution is 0.0897. The Morgan fingerprint density at radius 3 is 2.36 bits per heavy atom. The first-order valence-corrected chi connectivity index (χ1v) is 7.73. The van der Waals surface area contributed by atoms with Gasteiger partial charge in [0.05, 0.1) is 24.1 Å². The van der Waals surface area contributed by atoms with Gasteiger partial charge in [0.15, 0.2) is 0 Å². The van der Waals surface area contributed by atoms with E-state index >= 15 is 0 Å². The van der Waals surface area contributed by atoms with Gasteiger partial charge in [-0.2, -0.15) is 5.26 Å². The molecule has 1 aromatic rings. The van der Waals surface area contributed by atoms with E-state index in [-0.39, 0.29) is 29.4 Å². The van der Waals surface area contributed by atoms with Crippen LogP contribution in [0.4, 0.5) is 0 Å². The van der Waals surface area contributed by atoms with Crippen molar-refractivity contribution in [2.24, 2.45) is 5.41 Å². The number of rotatable bonds is 5. The molecule has 0 radical (unpaired) electrons. The fourth-order valence-corrected chi connectivity index (χ4v) is 2.70. The zero-order valence-corrected chi connectivity index (χ0v) is 13.5. The van der Waals surface area contributed by atoms with E-state index in [4.69, 9.17) is 0 Å². The quantitative estimate of drug-likeness (QED) is 0.878. The van der Waals surface area contributed by atoms with Crippen LogP contribution in [0.3, 0.4) is 0 Å². The molecule has 0 aromatic heterocycles. The maximum Gasteiger partial charge on any atom is 0.251 e. The van der Waals surface area contributed by atoms with Crippen molar-refractivity contribution in [3.63, 3.8) is 0 Å². The molecule has 1 aliphatic carbocycles. The van der Waals surface area contributed by atoms with Gasteiger partial charge in [0, 0.05) is 5.56 Å². The highest BCUT2D eigenvalue weighted by atomic mass is 16.3. The molecule has 1 fully saturated rings. The van der Waals surface area contributed by atoms with E-state index in [1.165, 1.54) is 0 Å². The predicted octanol–water partition coefficient (Wildman–Crippen LogP) is 2.77.